The van der Waals surface area contributed by atoms with Crippen LogP contribution >= 0.6 is 0 Å². The zero-order chi connectivity index (χ0) is 21.3. The minimum absolute atomic E-state index is 0.121. The van der Waals surface area contributed by atoms with Crippen molar-refractivity contribution >= 4 is 5.69 Å². The van der Waals surface area contributed by atoms with Gasteiger partial charge < -0.3 is 0 Å². The quantitative estimate of drug-likeness (QED) is 0.456. The molecule has 9 heteroatoms. The molecular formula is C20H16F3N3O3. The number of nitro groups is 1. The van der Waals surface area contributed by atoms with Gasteiger partial charge in [0, 0.05) is 23.8 Å². The van der Waals surface area contributed by atoms with Crippen LogP contribution in [0.2, 0.25) is 0 Å². The standard InChI is InChI=1S/C20H16F3N3O3/c1-12(2)19-17(13-4-3-5-16(10-13)26(28)29)11-18(27)25(24-19)15-8-6-14(7-9-15)20(21,22)23/h3-12H,1-2H3. The van der Waals surface area contributed by atoms with Crippen LogP contribution in [-0.2, 0) is 6.18 Å². The van der Waals surface area contributed by atoms with E-state index in [-0.39, 0.29) is 17.3 Å². The monoisotopic (exact) mass is 403 g/mol. The molecule has 0 amide bonds. The lowest BCUT2D eigenvalue weighted by Gasteiger charge is -2.15. The van der Waals surface area contributed by atoms with Gasteiger partial charge in [-0.3, -0.25) is 14.9 Å². The van der Waals surface area contributed by atoms with Crippen molar-refractivity contribution in [3.8, 4) is 16.8 Å². The highest BCUT2D eigenvalue weighted by molar-refractivity contribution is 5.68. The number of halogens is 3. The molecule has 1 aromatic heterocycles. The predicted octanol–water partition coefficient (Wildman–Crippen LogP) is 4.95. The average Bonchev–Trinajstić information content (AvgIpc) is 2.67. The summed E-state index contributed by atoms with van der Waals surface area (Å²) in [6.07, 6.45) is -4.48. The molecule has 6 nitrogen and oxygen atoms in total. The first-order valence-electron chi connectivity index (χ1n) is 8.64. The molecule has 3 aromatic rings. The number of hydrogen-bond donors (Lipinski definition) is 0. The Morgan fingerprint density at radius 2 is 1.72 bits per heavy atom. The Bertz CT molecular complexity index is 1120. The maximum atomic E-state index is 12.8. The Kier molecular flexibility index (Phi) is 5.23. The third-order valence-corrected chi connectivity index (χ3v) is 4.31. The Labute approximate surface area is 163 Å². The second-order valence-electron chi connectivity index (χ2n) is 6.70. The summed E-state index contributed by atoms with van der Waals surface area (Å²) in [6.45, 7) is 3.68. The maximum Gasteiger partial charge on any atom is 0.416 e. The van der Waals surface area contributed by atoms with Gasteiger partial charge in [0.05, 0.1) is 21.9 Å². The molecule has 0 aliphatic carbocycles. The molecule has 0 saturated heterocycles. The first-order valence-corrected chi connectivity index (χ1v) is 8.64. The first kappa shape index (κ1) is 20.2. The van der Waals surface area contributed by atoms with Crippen LogP contribution in [0.15, 0.2) is 59.4 Å². The van der Waals surface area contributed by atoms with Crippen molar-refractivity contribution in [2.45, 2.75) is 25.9 Å². The van der Waals surface area contributed by atoms with E-state index >= 15 is 0 Å². The van der Waals surface area contributed by atoms with Crippen molar-refractivity contribution in [3.05, 3.63) is 86.3 Å². The minimum atomic E-state index is -4.48. The fourth-order valence-corrected chi connectivity index (χ4v) is 2.89. The maximum absolute atomic E-state index is 12.8. The molecule has 2 aromatic carbocycles. The van der Waals surface area contributed by atoms with Crippen LogP contribution in [0.25, 0.3) is 16.8 Å². The Hall–Kier alpha value is -3.49. The molecule has 3 rings (SSSR count). The first-order chi connectivity index (χ1) is 13.6. The van der Waals surface area contributed by atoms with Crippen LogP contribution in [-0.4, -0.2) is 14.7 Å². The third kappa shape index (κ3) is 4.18. The lowest BCUT2D eigenvalue weighted by molar-refractivity contribution is -0.384. The van der Waals surface area contributed by atoms with Crippen LogP contribution in [0.1, 0.15) is 31.0 Å². The lowest BCUT2D eigenvalue weighted by atomic mass is 9.98. The molecule has 0 bridgehead atoms. The normalized spacial score (nSPS) is 11.7. The van der Waals surface area contributed by atoms with Crippen molar-refractivity contribution in [2.75, 3.05) is 0 Å². The molecular weight excluding hydrogens is 387 g/mol. The number of nitro benzene ring substituents is 1. The summed E-state index contributed by atoms with van der Waals surface area (Å²) in [5.74, 6) is -0.148. The van der Waals surface area contributed by atoms with Gasteiger partial charge in [0.1, 0.15) is 0 Å². The summed E-state index contributed by atoms with van der Waals surface area (Å²) in [5, 5.41) is 15.4. The Morgan fingerprint density at radius 3 is 2.28 bits per heavy atom. The topological polar surface area (TPSA) is 78.0 Å². The molecule has 150 valence electrons. The number of rotatable bonds is 4. The highest BCUT2D eigenvalue weighted by Gasteiger charge is 2.30. The van der Waals surface area contributed by atoms with Crippen molar-refractivity contribution in [1.82, 2.24) is 9.78 Å². The summed E-state index contributed by atoms with van der Waals surface area (Å²) in [7, 11) is 0. The van der Waals surface area contributed by atoms with Gasteiger partial charge >= 0.3 is 6.18 Å². The number of alkyl halides is 3. The van der Waals surface area contributed by atoms with Gasteiger partial charge in [-0.2, -0.15) is 23.0 Å². The van der Waals surface area contributed by atoms with Crippen LogP contribution in [0, 0.1) is 10.1 Å². The molecule has 29 heavy (non-hydrogen) atoms. The smallest absolute Gasteiger partial charge is 0.267 e. The van der Waals surface area contributed by atoms with Gasteiger partial charge in [-0.15, -0.1) is 0 Å². The van der Waals surface area contributed by atoms with Crippen LogP contribution in [0.4, 0.5) is 18.9 Å². The number of aromatic nitrogens is 2. The van der Waals surface area contributed by atoms with E-state index in [0.717, 1.165) is 16.8 Å². The van der Waals surface area contributed by atoms with Gasteiger partial charge in [-0.25, -0.2) is 0 Å². The van der Waals surface area contributed by atoms with E-state index in [0.29, 0.717) is 16.8 Å². The summed E-state index contributed by atoms with van der Waals surface area (Å²) >= 11 is 0. The molecule has 0 fully saturated rings. The van der Waals surface area contributed by atoms with E-state index in [2.05, 4.69) is 5.10 Å². The van der Waals surface area contributed by atoms with Gasteiger partial charge in [0.2, 0.25) is 0 Å². The third-order valence-electron chi connectivity index (χ3n) is 4.31. The molecule has 0 aliphatic rings. The molecule has 1 heterocycles. The Balaban J connectivity index is 2.14. The van der Waals surface area contributed by atoms with E-state index in [1.54, 1.807) is 6.07 Å². The molecule has 0 atom stereocenters. The highest BCUT2D eigenvalue weighted by atomic mass is 19.4. The molecule has 0 spiro atoms. The number of hydrogen-bond acceptors (Lipinski definition) is 4. The van der Waals surface area contributed by atoms with E-state index in [4.69, 9.17) is 0 Å². The minimum Gasteiger partial charge on any atom is -0.267 e. The Morgan fingerprint density at radius 1 is 1.07 bits per heavy atom. The largest absolute Gasteiger partial charge is 0.416 e. The second-order valence-corrected chi connectivity index (χ2v) is 6.70. The summed E-state index contributed by atoms with van der Waals surface area (Å²) < 4.78 is 39.3. The van der Waals surface area contributed by atoms with E-state index in [1.807, 2.05) is 13.8 Å². The molecule has 0 aliphatic heterocycles. The van der Waals surface area contributed by atoms with E-state index in [9.17, 15) is 28.1 Å². The van der Waals surface area contributed by atoms with Gasteiger partial charge in [0.15, 0.2) is 0 Å². The van der Waals surface area contributed by atoms with Gasteiger partial charge in [0.25, 0.3) is 11.2 Å². The molecule has 0 radical (unpaired) electrons. The summed E-state index contributed by atoms with van der Waals surface area (Å²) in [5.41, 5.74) is 0.0794. The van der Waals surface area contributed by atoms with Crippen molar-refractivity contribution in [2.24, 2.45) is 0 Å². The average molecular weight is 403 g/mol. The van der Waals surface area contributed by atoms with Crippen LogP contribution < -0.4 is 5.56 Å². The summed E-state index contributed by atoms with van der Waals surface area (Å²) in [6, 6.07) is 11.2. The number of nitrogens with zero attached hydrogens (tertiary/aromatic N) is 3. The zero-order valence-electron chi connectivity index (χ0n) is 15.5. The van der Waals surface area contributed by atoms with E-state index in [1.165, 1.54) is 36.4 Å². The lowest BCUT2D eigenvalue weighted by Crippen LogP contribution is -2.23. The highest BCUT2D eigenvalue weighted by Crippen LogP contribution is 2.31. The molecule has 0 saturated carbocycles. The number of benzene rings is 2. The summed E-state index contributed by atoms with van der Waals surface area (Å²) in [4.78, 5) is 23.2. The van der Waals surface area contributed by atoms with Crippen LogP contribution in [0.3, 0.4) is 0 Å². The fourth-order valence-electron chi connectivity index (χ4n) is 2.89. The van der Waals surface area contributed by atoms with Gasteiger partial charge in [-0.1, -0.05) is 26.0 Å². The van der Waals surface area contributed by atoms with Gasteiger partial charge in [-0.05, 0) is 35.7 Å². The van der Waals surface area contributed by atoms with Crippen molar-refractivity contribution in [3.63, 3.8) is 0 Å². The van der Waals surface area contributed by atoms with Crippen LogP contribution in [0.5, 0.6) is 0 Å². The zero-order valence-corrected chi connectivity index (χ0v) is 15.5. The second kappa shape index (κ2) is 7.50. The predicted molar refractivity (Wildman–Crippen MR) is 101 cm³/mol. The molecule has 0 unspecified atom stereocenters. The molecule has 0 N–H and O–H groups in total. The van der Waals surface area contributed by atoms with Crippen molar-refractivity contribution in [1.29, 1.82) is 0 Å². The van der Waals surface area contributed by atoms with Crippen molar-refractivity contribution < 1.29 is 18.1 Å². The number of non-ortho nitro benzene ring substituents is 1. The van der Waals surface area contributed by atoms with E-state index < -0.39 is 22.2 Å². The fraction of sp³-hybridized carbons (Fsp3) is 0.200. The SMILES string of the molecule is CC(C)c1nn(-c2ccc(C(F)(F)F)cc2)c(=O)cc1-c1cccc([N+](=O)[O-])c1.